The Kier molecular flexibility index (Phi) is 4.76. The lowest BCUT2D eigenvalue weighted by atomic mass is 10.2. The van der Waals surface area contributed by atoms with E-state index < -0.39 is 17.5 Å². The van der Waals surface area contributed by atoms with Gasteiger partial charge >= 0.3 is 0 Å². The SMILES string of the molecule is CNCC(C)NCc1c(F)cc(F)cc1F. The van der Waals surface area contributed by atoms with E-state index in [0.29, 0.717) is 18.7 Å². The van der Waals surface area contributed by atoms with Crippen molar-refractivity contribution in [2.45, 2.75) is 19.5 Å². The van der Waals surface area contributed by atoms with Crippen molar-refractivity contribution in [2.24, 2.45) is 0 Å². The Morgan fingerprint density at radius 2 is 1.75 bits per heavy atom. The first-order chi connectivity index (χ1) is 7.54. The van der Waals surface area contributed by atoms with Gasteiger partial charge < -0.3 is 10.6 Å². The molecule has 16 heavy (non-hydrogen) atoms. The summed E-state index contributed by atoms with van der Waals surface area (Å²) in [5, 5.41) is 5.87. The molecular formula is C11H15F3N2. The number of hydrogen-bond acceptors (Lipinski definition) is 2. The maximum Gasteiger partial charge on any atom is 0.133 e. The van der Waals surface area contributed by atoms with E-state index >= 15 is 0 Å². The molecule has 0 bridgehead atoms. The molecule has 0 aliphatic carbocycles. The second kappa shape index (κ2) is 5.86. The van der Waals surface area contributed by atoms with Crippen molar-refractivity contribution in [3.8, 4) is 0 Å². The highest BCUT2D eigenvalue weighted by Gasteiger charge is 2.11. The summed E-state index contributed by atoms with van der Waals surface area (Å²) < 4.78 is 39.0. The molecule has 5 heteroatoms. The summed E-state index contributed by atoms with van der Waals surface area (Å²) in [4.78, 5) is 0. The minimum absolute atomic E-state index is 0.0425. The number of nitrogens with one attached hydrogen (secondary N) is 2. The predicted molar refractivity (Wildman–Crippen MR) is 56.5 cm³/mol. The summed E-state index contributed by atoms with van der Waals surface area (Å²) in [5.74, 6) is -2.62. The zero-order chi connectivity index (χ0) is 12.1. The van der Waals surface area contributed by atoms with Gasteiger partial charge in [0.15, 0.2) is 0 Å². The molecule has 90 valence electrons. The topological polar surface area (TPSA) is 24.1 Å². The molecule has 2 N–H and O–H groups in total. The monoisotopic (exact) mass is 232 g/mol. The van der Waals surface area contributed by atoms with Crippen LogP contribution in [0.25, 0.3) is 0 Å². The van der Waals surface area contributed by atoms with Crippen molar-refractivity contribution in [3.05, 3.63) is 35.1 Å². The van der Waals surface area contributed by atoms with Crippen LogP contribution in [0.3, 0.4) is 0 Å². The summed E-state index contributed by atoms with van der Waals surface area (Å²) >= 11 is 0. The first-order valence-corrected chi connectivity index (χ1v) is 5.06. The fraction of sp³-hybridized carbons (Fsp3) is 0.455. The van der Waals surface area contributed by atoms with Gasteiger partial charge in [-0.05, 0) is 14.0 Å². The minimum Gasteiger partial charge on any atom is -0.318 e. The first kappa shape index (κ1) is 13.0. The number of likely N-dealkylation sites (N-methyl/N-ethyl adjacent to an activating group) is 1. The van der Waals surface area contributed by atoms with E-state index in [0.717, 1.165) is 0 Å². The van der Waals surface area contributed by atoms with Crippen LogP contribution in [0, 0.1) is 17.5 Å². The number of halogens is 3. The van der Waals surface area contributed by atoms with Crippen molar-refractivity contribution in [3.63, 3.8) is 0 Å². The van der Waals surface area contributed by atoms with E-state index in [-0.39, 0.29) is 18.2 Å². The van der Waals surface area contributed by atoms with E-state index in [1.165, 1.54) is 0 Å². The third kappa shape index (κ3) is 3.50. The van der Waals surface area contributed by atoms with Crippen molar-refractivity contribution < 1.29 is 13.2 Å². The first-order valence-electron chi connectivity index (χ1n) is 5.06. The number of benzene rings is 1. The van der Waals surface area contributed by atoms with Crippen molar-refractivity contribution in [2.75, 3.05) is 13.6 Å². The Labute approximate surface area is 92.9 Å². The molecule has 1 rings (SSSR count). The Balaban J connectivity index is 2.67. The van der Waals surface area contributed by atoms with Crippen LogP contribution in [-0.2, 0) is 6.54 Å². The zero-order valence-electron chi connectivity index (χ0n) is 9.28. The van der Waals surface area contributed by atoms with Crippen molar-refractivity contribution >= 4 is 0 Å². The molecule has 0 spiro atoms. The summed E-state index contributed by atoms with van der Waals surface area (Å²) in [6.07, 6.45) is 0. The summed E-state index contributed by atoms with van der Waals surface area (Å²) in [5.41, 5.74) is -0.135. The molecule has 0 amide bonds. The Bertz CT molecular complexity index is 332. The lowest BCUT2D eigenvalue weighted by Crippen LogP contribution is -2.34. The van der Waals surface area contributed by atoms with Crippen molar-refractivity contribution in [1.29, 1.82) is 0 Å². The van der Waals surface area contributed by atoms with Gasteiger partial charge in [0.1, 0.15) is 17.5 Å². The van der Waals surface area contributed by atoms with E-state index in [1.807, 2.05) is 6.92 Å². The van der Waals surface area contributed by atoms with Gasteiger partial charge in [-0.25, -0.2) is 13.2 Å². The lowest BCUT2D eigenvalue weighted by molar-refractivity contribution is 0.479. The molecule has 1 atom stereocenters. The van der Waals surface area contributed by atoms with E-state index in [9.17, 15) is 13.2 Å². The van der Waals surface area contributed by atoms with Gasteiger partial charge in [-0.1, -0.05) is 0 Å². The maximum absolute atomic E-state index is 13.2. The van der Waals surface area contributed by atoms with Gasteiger partial charge in [0.25, 0.3) is 0 Å². The van der Waals surface area contributed by atoms with Gasteiger partial charge in [-0.2, -0.15) is 0 Å². The van der Waals surface area contributed by atoms with E-state index in [1.54, 1.807) is 7.05 Å². The maximum atomic E-state index is 13.2. The minimum atomic E-state index is -0.901. The van der Waals surface area contributed by atoms with Gasteiger partial charge in [-0.3, -0.25) is 0 Å². The summed E-state index contributed by atoms with van der Waals surface area (Å²) in [6, 6.07) is 1.44. The highest BCUT2D eigenvalue weighted by Crippen LogP contribution is 2.14. The highest BCUT2D eigenvalue weighted by atomic mass is 19.1. The second-order valence-electron chi connectivity index (χ2n) is 3.69. The third-order valence-electron chi connectivity index (χ3n) is 2.24. The largest absolute Gasteiger partial charge is 0.318 e. The summed E-state index contributed by atoms with van der Waals surface area (Å²) in [7, 11) is 1.79. The molecule has 0 radical (unpaired) electrons. The van der Waals surface area contributed by atoms with Crippen LogP contribution in [0.15, 0.2) is 12.1 Å². The van der Waals surface area contributed by atoms with Crippen molar-refractivity contribution in [1.82, 2.24) is 10.6 Å². The van der Waals surface area contributed by atoms with Gasteiger partial charge in [-0.15, -0.1) is 0 Å². The van der Waals surface area contributed by atoms with Crippen LogP contribution in [-0.4, -0.2) is 19.6 Å². The zero-order valence-corrected chi connectivity index (χ0v) is 9.28. The highest BCUT2D eigenvalue weighted by molar-refractivity contribution is 5.20. The van der Waals surface area contributed by atoms with Crippen LogP contribution >= 0.6 is 0 Å². The fourth-order valence-electron chi connectivity index (χ4n) is 1.40. The van der Waals surface area contributed by atoms with Crippen LogP contribution in [0.4, 0.5) is 13.2 Å². The molecule has 1 aromatic rings. The van der Waals surface area contributed by atoms with Gasteiger partial charge in [0.05, 0.1) is 0 Å². The predicted octanol–water partition coefficient (Wildman–Crippen LogP) is 1.80. The van der Waals surface area contributed by atoms with E-state index in [2.05, 4.69) is 10.6 Å². The molecule has 0 heterocycles. The standard InChI is InChI=1S/C11H15F3N2/c1-7(5-15-2)16-6-9-10(13)3-8(12)4-11(9)14/h3-4,7,15-16H,5-6H2,1-2H3. The van der Waals surface area contributed by atoms with E-state index in [4.69, 9.17) is 0 Å². The average molecular weight is 232 g/mol. The number of rotatable bonds is 5. The van der Waals surface area contributed by atoms with Gasteiger partial charge in [0, 0.05) is 36.8 Å². The lowest BCUT2D eigenvalue weighted by Gasteiger charge is -2.13. The molecular weight excluding hydrogens is 217 g/mol. The molecule has 0 saturated carbocycles. The normalized spacial score (nSPS) is 12.8. The molecule has 0 aliphatic rings. The average Bonchev–Trinajstić information content (AvgIpc) is 2.16. The van der Waals surface area contributed by atoms with Gasteiger partial charge in [0.2, 0.25) is 0 Å². The van der Waals surface area contributed by atoms with Crippen LogP contribution in [0.1, 0.15) is 12.5 Å². The quantitative estimate of drug-likeness (QED) is 0.809. The molecule has 1 aromatic carbocycles. The molecule has 0 aliphatic heterocycles. The molecule has 0 fully saturated rings. The number of hydrogen-bond donors (Lipinski definition) is 2. The smallest absolute Gasteiger partial charge is 0.133 e. The molecule has 1 unspecified atom stereocenters. The molecule has 0 aromatic heterocycles. The fourth-order valence-corrected chi connectivity index (χ4v) is 1.40. The van der Waals surface area contributed by atoms with Crippen LogP contribution in [0.5, 0.6) is 0 Å². The second-order valence-corrected chi connectivity index (χ2v) is 3.69. The molecule has 0 saturated heterocycles. The van der Waals surface area contributed by atoms with Crippen LogP contribution < -0.4 is 10.6 Å². The Morgan fingerprint density at radius 3 is 2.25 bits per heavy atom. The third-order valence-corrected chi connectivity index (χ3v) is 2.24. The van der Waals surface area contributed by atoms with Crippen LogP contribution in [0.2, 0.25) is 0 Å². The Hall–Kier alpha value is -1.07. The molecule has 2 nitrogen and oxygen atoms in total. The Morgan fingerprint density at radius 1 is 1.19 bits per heavy atom. The summed E-state index contributed by atoms with van der Waals surface area (Å²) in [6.45, 7) is 2.61.